The number of carbonyl (C=O) groups excluding carboxylic acids is 2. The number of hydrogen-bond acceptors (Lipinski definition) is 8. The molecule has 0 N–H and O–H groups in total. The van der Waals surface area contributed by atoms with E-state index in [-0.39, 0.29) is 0 Å². The Kier molecular flexibility index (Phi) is 8.31. The quantitative estimate of drug-likeness (QED) is 0.157. The van der Waals surface area contributed by atoms with Crippen molar-refractivity contribution >= 4 is 81.8 Å². The van der Waals surface area contributed by atoms with Crippen LogP contribution >= 0.6 is 45.3 Å². The first kappa shape index (κ1) is 32.3. The molecule has 0 saturated heterocycles. The second-order valence-electron chi connectivity index (χ2n) is 13.3. The van der Waals surface area contributed by atoms with E-state index in [2.05, 4.69) is 48.6 Å². The minimum Gasteiger partial charge on any atom is -0.443 e. The predicted octanol–water partition coefficient (Wildman–Crippen LogP) is 12.4. The maximum atomic E-state index is 13.7. The predicted molar refractivity (Wildman–Crippen MR) is 203 cm³/mol. The van der Waals surface area contributed by atoms with Crippen LogP contribution in [0.4, 0.5) is 9.59 Å². The fourth-order valence-electron chi connectivity index (χ4n) is 5.30. The Morgan fingerprint density at radius 3 is 0.917 bits per heavy atom. The second kappa shape index (κ2) is 12.3. The SMILES string of the molecule is CC(C)(C)OC(=O)n1c2ccc1-c1ccc(s1)/C=C\c1ccc(s1)-c1ccc(n1C(=O)OC(C)(C)C)-c1ccc(s1)/C=C\c1ccc-2s1. The van der Waals surface area contributed by atoms with Gasteiger partial charge in [-0.05, 0) is 139 Å². The summed E-state index contributed by atoms with van der Waals surface area (Å²) in [6, 6.07) is 24.4. The molecule has 0 amide bonds. The van der Waals surface area contributed by atoms with E-state index < -0.39 is 23.4 Å². The molecule has 6 nitrogen and oxygen atoms in total. The molecule has 1 aliphatic heterocycles. The number of fused-ring (bicyclic) bond motifs is 16. The molecule has 7 rings (SSSR count). The number of nitrogens with zero attached hydrogens (tertiary/aromatic N) is 2. The average Bonchev–Trinajstić information content (AvgIpc) is 3.82. The Morgan fingerprint density at radius 2 is 0.688 bits per heavy atom. The summed E-state index contributed by atoms with van der Waals surface area (Å²) in [4.78, 5) is 35.4. The van der Waals surface area contributed by atoms with Crippen LogP contribution in [0.2, 0.25) is 0 Å². The number of rotatable bonds is 0. The van der Waals surface area contributed by atoms with Crippen LogP contribution in [0.15, 0.2) is 72.8 Å². The van der Waals surface area contributed by atoms with E-state index in [0.29, 0.717) is 0 Å². The minimum atomic E-state index is -0.639. The Morgan fingerprint density at radius 1 is 0.438 bits per heavy atom. The van der Waals surface area contributed by atoms with Crippen LogP contribution in [0.1, 0.15) is 61.1 Å². The molecule has 0 unspecified atom stereocenters. The van der Waals surface area contributed by atoms with E-state index in [4.69, 9.17) is 9.47 Å². The van der Waals surface area contributed by atoms with Crippen molar-refractivity contribution in [2.75, 3.05) is 0 Å². The van der Waals surface area contributed by atoms with E-state index in [1.165, 1.54) is 0 Å². The number of aromatic nitrogens is 2. The Hall–Kier alpha value is -4.22. The summed E-state index contributed by atoms with van der Waals surface area (Å²) < 4.78 is 15.2. The normalized spacial score (nSPS) is 14.1. The lowest BCUT2D eigenvalue weighted by molar-refractivity contribution is 0.0531. The molecule has 0 aliphatic carbocycles. The molecule has 1 aliphatic rings. The Bertz CT molecular complexity index is 1930. The molecule has 244 valence electrons. The van der Waals surface area contributed by atoms with Gasteiger partial charge in [-0.25, -0.2) is 18.7 Å². The number of thiophene rings is 4. The molecule has 10 heteroatoms. The van der Waals surface area contributed by atoms with Crippen LogP contribution in [0.5, 0.6) is 0 Å². The average molecular weight is 711 g/mol. The van der Waals surface area contributed by atoms with Crippen molar-refractivity contribution in [2.24, 2.45) is 0 Å². The third-order valence-electron chi connectivity index (χ3n) is 7.25. The third kappa shape index (κ3) is 6.71. The largest absolute Gasteiger partial charge is 0.443 e. The first-order valence-corrected chi connectivity index (χ1v) is 18.8. The van der Waals surface area contributed by atoms with Crippen molar-refractivity contribution in [3.05, 3.63) is 92.3 Å². The Labute approximate surface area is 295 Å². The number of carbonyl (C=O) groups is 2. The smallest absolute Gasteiger partial charge is 0.419 e. The first-order valence-electron chi connectivity index (χ1n) is 15.5. The highest BCUT2D eigenvalue weighted by Gasteiger charge is 2.26. The van der Waals surface area contributed by atoms with E-state index in [9.17, 15) is 9.59 Å². The highest BCUT2D eigenvalue weighted by molar-refractivity contribution is 7.18. The molecule has 0 saturated carbocycles. The lowest BCUT2D eigenvalue weighted by Gasteiger charge is -2.21. The van der Waals surface area contributed by atoms with Gasteiger partial charge in [0.1, 0.15) is 11.2 Å². The van der Waals surface area contributed by atoms with Gasteiger partial charge in [-0.3, -0.25) is 0 Å². The van der Waals surface area contributed by atoms with Gasteiger partial charge in [-0.15, -0.1) is 45.3 Å². The van der Waals surface area contributed by atoms with E-state index in [1.807, 2.05) is 90.1 Å². The van der Waals surface area contributed by atoms with Crippen molar-refractivity contribution in [1.82, 2.24) is 9.13 Å². The monoisotopic (exact) mass is 710 g/mol. The lowest BCUT2D eigenvalue weighted by Crippen LogP contribution is -2.27. The molecular formula is C38H34N2O4S4. The van der Waals surface area contributed by atoms with Gasteiger partial charge >= 0.3 is 12.2 Å². The van der Waals surface area contributed by atoms with Crippen molar-refractivity contribution < 1.29 is 19.1 Å². The van der Waals surface area contributed by atoms with Crippen molar-refractivity contribution in [3.8, 4) is 42.3 Å². The van der Waals surface area contributed by atoms with Gasteiger partial charge in [-0.2, -0.15) is 0 Å². The van der Waals surface area contributed by atoms with Crippen LogP contribution in [0, 0.1) is 0 Å². The van der Waals surface area contributed by atoms with E-state index >= 15 is 0 Å². The zero-order valence-electron chi connectivity index (χ0n) is 27.4. The van der Waals surface area contributed by atoms with Crippen molar-refractivity contribution in [3.63, 3.8) is 0 Å². The van der Waals surface area contributed by atoms with Gasteiger partial charge in [0.15, 0.2) is 0 Å². The van der Waals surface area contributed by atoms with Crippen molar-refractivity contribution in [2.45, 2.75) is 52.7 Å². The number of ether oxygens (including phenoxy) is 2. The van der Waals surface area contributed by atoms with Crippen molar-refractivity contribution in [1.29, 1.82) is 0 Å². The highest BCUT2D eigenvalue weighted by atomic mass is 32.1. The molecule has 0 spiro atoms. The van der Waals surface area contributed by atoms with Crippen LogP contribution < -0.4 is 0 Å². The number of hydrogen-bond donors (Lipinski definition) is 0. The molecule has 6 aromatic heterocycles. The van der Waals surface area contributed by atoms with Gasteiger partial charge in [-0.1, -0.05) is 0 Å². The lowest BCUT2D eigenvalue weighted by atomic mass is 10.2. The zero-order chi connectivity index (χ0) is 33.8. The maximum absolute atomic E-state index is 13.7. The summed E-state index contributed by atoms with van der Waals surface area (Å²) in [5.41, 5.74) is 1.89. The third-order valence-corrected chi connectivity index (χ3v) is 11.5. The first-order chi connectivity index (χ1) is 22.8. The van der Waals surface area contributed by atoms with E-state index in [1.54, 1.807) is 54.5 Å². The van der Waals surface area contributed by atoms with Gasteiger partial charge < -0.3 is 9.47 Å². The molecule has 0 radical (unpaired) electrons. The summed E-state index contributed by atoms with van der Waals surface area (Å²) >= 11 is 6.46. The topological polar surface area (TPSA) is 62.5 Å². The van der Waals surface area contributed by atoms with Crippen LogP contribution in [0.25, 0.3) is 66.6 Å². The molecule has 0 fully saturated rings. The second-order valence-corrected chi connectivity index (χ2v) is 17.8. The molecule has 12 bridgehead atoms. The Balaban J connectivity index is 1.36. The zero-order valence-corrected chi connectivity index (χ0v) is 30.7. The van der Waals surface area contributed by atoms with Crippen LogP contribution in [0.3, 0.4) is 0 Å². The summed E-state index contributed by atoms with van der Waals surface area (Å²) in [5.74, 6) is 0. The standard InChI is InChI=1S/C38H34N2O4S4/c1-37(2,3)43-35(41)39-27-15-16-28(39)32-20-12-24(46-32)8-10-26-14-22-34(48-26)30-18-17-29(40(30)36(42)44-38(4,5)6)33-21-13-25(47-33)9-7-23-11-19-31(27)45-23/h7-22H,1-6H3/b9-7-,10-8-,23-7?,24-8?,25-9?,26-10?,31-27?,32-28?,33-29?,34-30?. The fourth-order valence-corrected chi connectivity index (χ4v) is 9.00. The molecule has 7 heterocycles. The summed E-state index contributed by atoms with van der Waals surface area (Å²) in [7, 11) is 0. The van der Waals surface area contributed by atoms with Gasteiger partial charge in [0.05, 0.1) is 42.3 Å². The molecule has 6 aromatic rings. The van der Waals surface area contributed by atoms with Gasteiger partial charge in [0.25, 0.3) is 0 Å². The van der Waals surface area contributed by atoms with Crippen LogP contribution in [-0.4, -0.2) is 32.5 Å². The summed E-state index contributed by atoms with van der Waals surface area (Å²) in [6.07, 6.45) is 7.53. The molecule has 0 aromatic carbocycles. The summed E-state index contributed by atoms with van der Waals surface area (Å²) in [6.45, 7) is 11.3. The fraction of sp³-hybridized carbons (Fsp3) is 0.211. The van der Waals surface area contributed by atoms with Gasteiger partial charge in [0, 0.05) is 19.5 Å². The van der Waals surface area contributed by atoms with Crippen LogP contribution in [-0.2, 0) is 9.47 Å². The minimum absolute atomic E-state index is 0.404. The molecular weight excluding hydrogens is 677 g/mol. The van der Waals surface area contributed by atoms with Gasteiger partial charge in [0.2, 0.25) is 0 Å². The van der Waals surface area contributed by atoms with E-state index in [0.717, 1.165) is 61.8 Å². The molecule has 48 heavy (non-hydrogen) atoms. The highest BCUT2D eigenvalue weighted by Crippen LogP contribution is 2.40. The summed E-state index contributed by atoms with van der Waals surface area (Å²) in [5, 5.41) is 0. The maximum Gasteiger partial charge on any atom is 0.419 e. The molecule has 0 atom stereocenters.